The van der Waals surface area contributed by atoms with Gasteiger partial charge in [0, 0.05) is 61.7 Å². The molecule has 1 amide bonds. The van der Waals surface area contributed by atoms with E-state index in [2.05, 4.69) is 26.6 Å². The number of para-hydroxylation sites is 1. The lowest BCUT2D eigenvalue weighted by atomic mass is 10.1. The van der Waals surface area contributed by atoms with Crippen LogP contribution in [0.4, 0.5) is 21.5 Å². The summed E-state index contributed by atoms with van der Waals surface area (Å²) in [5.74, 6) is 0.122. The second kappa shape index (κ2) is 15.1. The zero-order valence-corrected chi connectivity index (χ0v) is 25.3. The minimum absolute atomic E-state index is 0.0676. The molecule has 0 aliphatic carbocycles. The highest BCUT2D eigenvalue weighted by molar-refractivity contribution is 6.04. The van der Waals surface area contributed by atoms with E-state index in [-0.39, 0.29) is 17.2 Å². The van der Waals surface area contributed by atoms with Gasteiger partial charge in [0.2, 0.25) is 5.91 Å². The first-order chi connectivity index (χ1) is 21.9. The number of nitrogens with zero attached hydrogens (tertiary/aromatic N) is 4. The minimum Gasteiger partial charge on any atom is -0.490 e. The molecular formula is C34H35FN6O4. The Hall–Kier alpha value is -5.02. The van der Waals surface area contributed by atoms with Crippen LogP contribution in [0, 0.1) is 17.1 Å². The molecule has 1 aliphatic rings. The topological polar surface area (TPSA) is 112 Å². The van der Waals surface area contributed by atoms with E-state index in [1.165, 1.54) is 24.4 Å². The van der Waals surface area contributed by atoms with Crippen LogP contribution >= 0.6 is 0 Å². The molecule has 5 rings (SSSR count). The van der Waals surface area contributed by atoms with E-state index in [0.717, 1.165) is 13.1 Å². The number of anilines is 3. The second-order valence-corrected chi connectivity index (χ2v) is 10.7. The molecule has 1 saturated heterocycles. The summed E-state index contributed by atoms with van der Waals surface area (Å²) in [6.45, 7) is 4.71. The van der Waals surface area contributed by atoms with Crippen LogP contribution in [0.15, 0.2) is 79.0 Å². The zero-order valence-electron chi connectivity index (χ0n) is 25.3. The molecule has 1 aliphatic heterocycles. The smallest absolute Gasteiger partial charge is 0.248 e. The van der Waals surface area contributed by atoms with Crippen LogP contribution < -0.4 is 20.1 Å². The van der Waals surface area contributed by atoms with Crippen molar-refractivity contribution in [1.29, 1.82) is 5.26 Å². The van der Waals surface area contributed by atoms with Crippen molar-refractivity contribution in [3.63, 3.8) is 0 Å². The number of likely N-dealkylation sites (N-methyl/N-ethyl adjacent to an activating group) is 1. The second-order valence-electron chi connectivity index (χ2n) is 10.7. The highest BCUT2D eigenvalue weighted by atomic mass is 19.1. The molecular weight excluding hydrogens is 575 g/mol. The van der Waals surface area contributed by atoms with Crippen molar-refractivity contribution >= 4 is 33.9 Å². The Morgan fingerprint density at radius 3 is 2.67 bits per heavy atom. The molecule has 4 aromatic rings. The fraction of sp³-hybridized carbons (Fsp3) is 0.265. The monoisotopic (exact) mass is 610 g/mol. The minimum atomic E-state index is -0.575. The summed E-state index contributed by atoms with van der Waals surface area (Å²) in [4.78, 5) is 21.5. The molecule has 232 valence electrons. The van der Waals surface area contributed by atoms with Crippen molar-refractivity contribution in [3.8, 4) is 23.3 Å². The summed E-state index contributed by atoms with van der Waals surface area (Å²) in [5.41, 5.74) is 2.01. The predicted octanol–water partition coefficient (Wildman–Crippen LogP) is 5.55. The molecule has 0 bridgehead atoms. The van der Waals surface area contributed by atoms with Crippen LogP contribution in [0.3, 0.4) is 0 Å². The number of carbonyl (C=O) groups is 1. The Labute approximate surface area is 261 Å². The highest BCUT2D eigenvalue weighted by Crippen LogP contribution is 2.37. The molecule has 0 atom stereocenters. The first kappa shape index (κ1) is 31.4. The third-order valence-corrected chi connectivity index (χ3v) is 7.03. The van der Waals surface area contributed by atoms with Crippen LogP contribution in [-0.2, 0) is 9.53 Å². The number of carbonyl (C=O) groups excluding carboxylic acids is 1. The number of amides is 1. The maximum Gasteiger partial charge on any atom is 0.248 e. The summed E-state index contributed by atoms with van der Waals surface area (Å²) in [7, 11) is 3.83. The SMILES string of the molecule is CN(C)CC=CC(=O)Nc1cc2c(Nc3ccc(Oc4ccccc4)c(F)c3)c(C#N)cnc2cc1OCCN1CCOCC1. The fourth-order valence-corrected chi connectivity index (χ4v) is 4.73. The van der Waals surface area contributed by atoms with Crippen LogP contribution in [0.1, 0.15) is 5.56 Å². The van der Waals surface area contributed by atoms with Crippen molar-refractivity contribution in [2.45, 2.75) is 0 Å². The lowest BCUT2D eigenvalue weighted by molar-refractivity contribution is -0.111. The Morgan fingerprint density at radius 1 is 1.13 bits per heavy atom. The maximum atomic E-state index is 15.1. The Morgan fingerprint density at radius 2 is 1.93 bits per heavy atom. The fourth-order valence-electron chi connectivity index (χ4n) is 4.73. The average Bonchev–Trinajstić information content (AvgIpc) is 3.03. The number of rotatable bonds is 12. The maximum absolute atomic E-state index is 15.1. The lowest BCUT2D eigenvalue weighted by Gasteiger charge is -2.26. The Bertz CT molecular complexity index is 1700. The number of hydrogen-bond acceptors (Lipinski definition) is 9. The number of pyridine rings is 1. The Balaban J connectivity index is 1.45. The summed E-state index contributed by atoms with van der Waals surface area (Å²) in [6, 6.07) is 19.0. The van der Waals surface area contributed by atoms with Gasteiger partial charge in [-0.25, -0.2) is 4.39 Å². The van der Waals surface area contributed by atoms with E-state index >= 15 is 4.39 Å². The van der Waals surface area contributed by atoms with Gasteiger partial charge in [-0.2, -0.15) is 5.26 Å². The molecule has 2 heterocycles. The summed E-state index contributed by atoms with van der Waals surface area (Å²) >= 11 is 0. The van der Waals surface area contributed by atoms with Gasteiger partial charge >= 0.3 is 0 Å². The van der Waals surface area contributed by atoms with Crippen LogP contribution in [-0.4, -0.2) is 80.8 Å². The molecule has 2 N–H and O–H groups in total. The van der Waals surface area contributed by atoms with E-state index in [4.69, 9.17) is 14.2 Å². The molecule has 1 fully saturated rings. The third kappa shape index (κ3) is 8.55. The van der Waals surface area contributed by atoms with E-state index in [9.17, 15) is 10.1 Å². The van der Waals surface area contributed by atoms with Crippen molar-refractivity contribution in [2.75, 3.05) is 70.7 Å². The molecule has 3 aromatic carbocycles. The van der Waals surface area contributed by atoms with Gasteiger partial charge in [-0.15, -0.1) is 0 Å². The van der Waals surface area contributed by atoms with E-state index in [0.29, 0.717) is 72.4 Å². The molecule has 45 heavy (non-hydrogen) atoms. The number of ether oxygens (including phenoxy) is 3. The van der Waals surface area contributed by atoms with Gasteiger partial charge in [0.15, 0.2) is 11.6 Å². The zero-order chi connectivity index (χ0) is 31.6. The van der Waals surface area contributed by atoms with Crippen molar-refractivity contribution < 1.29 is 23.4 Å². The number of hydrogen-bond donors (Lipinski definition) is 2. The molecule has 0 spiro atoms. The molecule has 1 aromatic heterocycles. The molecule has 11 heteroatoms. The average molecular weight is 611 g/mol. The van der Waals surface area contributed by atoms with E-state index < -0.39 is 5.82 Å². The van der Waals surface area contributed by atoms with Crippen molar-refractivity contribution in [1.82, 2.24) is 14.8 Å². The van der Waals surface area contributed by atoms with Gasteiger partial charge < -0.3 is 29.7 Å². The lowest BCUT2D eigenvalue weighted by Crippen LogP contribution is -2.38. The molecule has 0 unspecified atom stereocenters. The molecule has 10 nitrogen and oxygen atoms in total. The largest absolute Gasteiger partial charge is 0.490 e. The van der Waals surface area contributed by atoms with Gasteiger partial charge in [-0.05, 0) is 44.4 Å². The number of morpholine rings is 1. The van der Waals surface area contributed by atoms with Gasteiger partial charge in [-0.3, -0.25) is 14.7 Å². The third-order valence-electron chi connectivity index (χ3n) is 7.03. The number of benzene rings is 3. The first-order valence-corrected chi connectivity index (χ1v) is 14.6. The van der Waals surface area contributed by atoms with Crippen molar-refractivity contribution in [2.24, 2.45) is 0 Å². The number of halogens is 1. The Kier molecular flexibility index (Phi) is 10.6. The molecule has 0 saturated carbocycles. The first-order valence-electron chi connectivity index (χ1n) is 14.6. The van der Waals surface area contributed by atoms with Gasteiger partial charge in [-0.1, -0.05) is 24.3 Å². The standard InChI is InChI=1S/C34H35FN6O4/c1-40(2)12-6-9-33(42)39-30-20-27-29(21-32(30)44-18-15-41-13-16-43-17-14-41)37-23-24(22-36)34(27)38-25-10-11-31(28(35)19-25)45-26-7-4-3-5-8-26/h3-11,19-21,23H,12-18H2,1-2H3,(H,37,38)(H,39,42). The predicted molar refractivity (Wildman–Crippen MR) is 172 cm³/mol. The van der Waals surface area contributed by atoms with Crippen LogP contribution in [0.2, 0.25) is 0 Å². The van der Waals surface area contributed by atoms with Gasteiger partial charge in [0.25, 0.3) is 0 Å². The van der Waals surface area contributed by atoms with Crippen LogP contribution in [0.25, 0.3) is 10.9 Å². The molecule has 0 radical (unpaired) electrons. The summed E-state index contributed by atoms with van der Waals surface area (Å²) in [5, 5.41) is 16.6. The van der Waals surface area contributed by atoms with Gasteiger partial charge in [0.05, 0.1) is 35.7 Å². The highest BCUT2D eigenvalue weighted by Gasteiger charge is 2.17. The van der Waals surface area contributed by atoms with Crippen LogP contribution in [0.5, 0.6) is 17.2 Å². The van der Waals surface area contributed by atoms with Crippen molar-refractivity contribution in [3.05, 3.63) is 90.4 Å². The van der Waals surface area contributed by atoms with E-state index in [1.54, 1.807) is 48.5 Å². The quantitative estimate of drug-likeness (QED) is 0.200. The number of nitrogens with one attached hydrogen (secondary N) is 2. The number of aromatic nitrogens is 1. The van der Waals surface area contributed by atoms with Gasteiger partial charge in [0.1, 0.15) is 24.2 Å². The van der Waals surface area contributed by atoms with E-state index in [1.807, 2.05) is 25.1 Å². The number of nitriles is 1. The number of fused-ring (bicyclic) bond motifs is 1. The normalized spacial score (nSPS) is 13.6. The summed E-state index contributed by atoms with van der Waals surface area (Å²) in [6.07, 6.45) is 4.68. The summed E-state index contributed by atoms with van der Waals surface area (Å²) < 4.78 is 32.3.